The van der Waals surface area contributed by atoms with Crippen molar-refractivity contribution in [2.75, 3.05) is 13.2 Å². The molecule has 0 saturated carbocycles. The first kappa shape index (κ1) is 66.6. The van der Waals surface area contributed by atoms with Crippen LogP contribution in [0.1, 0.15) is 329 Å². The largest absolute Gasteiger partial charge is 0.462 e. The lowest BCUT2D eigenvalue weighted by Crippen LogP contribution is -2.30. The summed E-state index contributed by atoms with van der Waals surface area (Å²) in [4.78, 5) is 38.2. The van der Waals surface area contributed by atoms with E-state index in [0.717, 1.165) is 77.0 Å². The lowest BCUT2D eigenvalue weighted by Gasteiger charge is -2.18. The van der Waals surface area contributed by atoms with Gasteiger partial charge in [0.2, 0.25) is 0 Å². The van der Waals surface area contributed by atoms with Crippen molar-refractivity contribution in [2.45, 2.75) is 335 Å². The summed E-state index contributed by atoms with van der Waals surface area (Å²) in [6, 6.07) is 0. The first-order valence-corrected chi connectivity index (χ1v) is 30.5. The SMILES string of the molecule is CCCCC/C=C/C/C=C/CCCCCCCC(=O)OC[C@H](COC(=O)CCCCCCCCCCC/C=C/CCCCCCCC)OC(=O)CCCCCCCCCCCCCCCCCCC. The highest BCUT2D eigenvalue weighted by Crippen LogP contribution is 2.17. The maximum Gasteiger partial charge on any atom is 0.306 e. The molecule has 0 spiro atoms. The van der Waals surface area contributed by atoms with Crippen LogP contribution in [0, 0.1) is 0 Å². The van der Waals surface area contributed by atoms with Crippen LogP contribution in [0.15, 0.2) is 36.5 Å². The Morgan fingerprint density at radius 2 is 0.522 bits per heavy atom. The second kappa shape index (κ2) is 58.2. The van der Waals surface area contributed by atoms with Gasteiger partial charge >= 0.3 is 17.9 Å². The highest BCUT2D eigenvalue weighted by atomic mass is 16.6. The van der Waals surface area contributed by atoms with Crippen LogP contribution in [0.25, 0.3) is 0 Å². The summed E-state index contributed by atoms with van der Waals surface area (Å²) in [6.07, 6.45) is 69.9. The van der Waals surface area contributed by atoms with Crippen molar-refractivity contribution >= 4 is 17.9 Å². The van der Waals surface area contributed by atoms with Crippen LogP contribution in [0.5, 0.6) is 0 Å². The van der Waals surface area contributed by atoms with Crippen molar-refractivity contribution in [3.05, 3.63) is 36.5 Å². The molecule has 0 radical (unpaired) electrons. The third kappa shape index (κ3) is 56.4. The van der Waals surface area contributed by atoms with Crippen LogP contribution < -0.4 is 0 Å². The third-order valence-corrected chi connectivity index (χ3v) is 13.6. The van der Waals surface area contributed by atoms with E-state index in [2.05, 4.69) is 57.2 Å². The molecule has 404 valence electrons. The fourth-order valence-corrected chi connectivity index (χ4v) is 9.00. The Kier molecular flexibility index (Phi) is 56.2. The third-order valence-electron chi connectivity index (χ3n) is 13.6. The van der Waals surface area contributed by atoms with Crippen LogP contribution in [0.2, 0.25) is 0 Å². The summed E-state index contributed by atoms with van der Waals surface area (Å²) in [5, 5.41) is 0. The van der Waals surface area contributed by atoms with Crippen molar-refractivity contribution in [1.82, 2.24) is 0 Å². The predicted molar refractivity (Wildman–Crippen MR) is 298 cm³/mol. The van der Waals surface area contributed by atoms with Crippen molar-refractivity contribution in [3.8, 4) is 0 Å². The summed E-state index contributed by atoms with van der Waals surface area (Å²) < 4.78 is 16.9. The zero-order chi connectivity index (χ0) is 50.0. The second-order valence-corrected chi connectivity index (χ2v) is 20.6. The standard InChI is InChI=1S/C63H116O6/c1-4-7-10-13-16-19-22-25-28-30-31-33-35-38-41-44-47-50-53-56-62(65)68-59-60(58-67-61(64)55-52-49-46-43-40-37-34-27-24-21-18-15-12-9-6-3)69-63(66)57-54-51-48-45-42-39-36-32-29-26-23-20-17-14-11-8-5-2/h18,21,25,27-28,34,60H,4-17,19-20,22-24,26,29-33,35-59H2,1-3H3/b21-18+,28-25+,34-27+/t60-/m1/s1. The van der Waals surface area contributed by atoms with Crippen molar-refractivity contribution in [3.63, 3.8) is 0 Å². The fourth-order valence-electron chi connectivity index (χ4n) is 9.00. The van der Waals surface area contributed by atoms with Gasteiger partial charge in [-0.25, -0.2) is 0 Å². The van der Waals surface area contributed by atoms with Crippen molar-refractivity contribution < 1.29 is 28.6 Å². The van der Waals surface area contributed by atoms with Gasteiger partial charge in [-0.15, -0.1) is 0 Å². The molecule has 0 rings (SSSR count). The molecular weight excluding hydrogens is 853 g/mol. The van der Waals surface area contributed by atoms with Gasteiger partial charge < -0.3 is 14.2 Å². The number of carbonyl (C=O) groups excluding carboxylic acids is 3. The zero-order valence-corrected chi connectivity index (χ0v) is 46.3. The summed E-state index contributed by atoms with van der Waals surface area (Å²) >= 11 is 0. The van der Waals surface area contributed by atoms with E-state index in [-0.39, 0.29) is 31.1 Å². The number of hydrogen-bond donors (Lipinski definition) is 0. The molecule has 0 aliphatic carbocycles. The van der Waals surface area contributed by atoms with Crippen LogP contribution >= 0.6 is 0 Å². The molecule has 0 aromatic carbocycles. The number of hydrogen-bond acceptors (Lipinski definition) is 6. The Bertz CT molecular complexity index is 1160. The van der Waals surface area contributed by atoms with Crippen LogP contribution in [0.4, 0.5) is 0 Å². The molecule has 6 heteroatoms. The summed E-state index contributed by atoms with van der Waals surface area (Å²) in [7, 11) is 0. The molecule has 0 amide bonds. The summed E-state index contributed by atoms with van der Waals surface area (Å²) in [6.45, 7) is 6.65. The van der Waals surface area contributed by atoms with E-state index < -0.39 is 6.10 Å². The van der Waals surface area contributed by atoms with E-state index >= 15 is 0 Å². The Labute approximate surface area is 429 Å². The van der Waals surface area contributed by atoms with Gasteiger partial charge in [0, 0.05) is 19.3 Å². The monoisotopic (exact) mass is 969 g/mol. The van der Waals surface area contributed by atoms with Gasteiger partial charge in [-0.1, -0.05) is 269 Å². The molecular formula is C63H116O6. The molecule has 0 fully saturated rings. The molecule has 1 atom stereocenters. The molecule has 0 aliphatic heterocycles. The topological polar surface area (TPSA) is 78.9 Å². The van der Waals surface area contributed by atoms with Gasteiger partial charge in [-0.3, -0.25) is 14.4 Å². The highest BCUT2D eigenvalue weighted by molar-refractivity contribution is 5.71. The predicted octanol–water partition coefficient (Wildman–Crippen LogP) is 20.4. The van der Waals surface area contributed by atoms with E-state index in [9.17, 15) is 14.4 Å². The number of esters is 3. The molecule has 0 aromatic heterocycles. The lowest BCUT2D eigenvalue weighted by atomic mass is 10.0. The molecule has 0 aliphatic rings. The smallest absolute Gasteiger partial charge is 0.306 e. The summed E-state index contributed by atoms with van der Waals surface area (Å²) in [5.41, 5.74) is 0. The van der Waals surface area contributed by atoms with Gasteiger partial charge in [-0.2, -0.15) is 0 Å². The van der Waals surface area contributed by atoms with E-state index in [1.807, 2.05) is 0 Å². The molecule has 0 aromatic rings. The first-order valence-electron chi connectivity index (χ1n) is 30.5. The van der Waals surface area contributed by atoms with Gasteiger partial charge in [-0.05, 0) is 77.0 Å². The fraction of sp³-hybridized carbons (Fsp3) is 0.857. The Hall–Kier alpha value is -2.37. The minimum Gasteiger partial charge on any atom is -0.462 e. The molecule has 0 unspecified atom stereocenters. The first-order chi connectivity index (χ1) is 34.0. The Balaban J connectivity index is 4.34. The summed E-state index contributed by atoms with van der Waals surface area (Å²) in [5.74, 6) is -0.869. The van der Waals surface area contributed by atoms with E-state index in [4.69, 9.17) is 14.2 Å². The lowest BCUT2D eigenvalue weighted by molar-refractivity contribution is -0.167. The molecule has 0 bridgehead atoms. The number of unbranched alkanes of at least 4 members (excludes halogenated alkanes) is 39. The van der Waals surface area contributed by atoms with Crippen LogP contribution in [-0.4, -0.2) is 37.2 Å². The minimum atomic E-state index is -0.776. The average molecular weight is 970 g/mol. The number of rotatable bonds is 56. The second-order valence-electron chi connectivity index (χ2n) is 20.6. The van der Waals surface area contributed by atoms with Gasteiger partial charge in [0.25, 0.3) is 0 Å². The van der Waals surface area contributed by atoms with E-state index in [1.165, 1.54) is 212 Å². The number of carbonyl (C=O) groups is 3. The van der Waals surface area contributed by atoms with Crippen LogP contribution in [-0.2, 0) is 28.6 Å². The molecule has 0 N–H and O–H groups in total. The Morgan fingerprint density at radius 1 is 0.290 bits per heavy atom. The molecule has 0 heterocycles. The maximum atomic E-state index is 12.9. The molecule has 6 nitrogen and oxygen atoms in total. The van der Waals surface area contributed by atoms with Gasteiger partial charge in [0.1, 0.15) is 13.2 Å². The number of allylic oxidation sites excluding steroid dienone is 6. The zero-order valence-electron chi connectivity index (χ0n) is 46.3. The minimum absolute atomic E-state index is 0.0739. The van der Waals surface area contributed by atoms with Crippen molar-refractivity contribution in [2.24, 2.45) is 0 Å². The maximum absolute atomic E-state index is 12.9. The van der Waals surface area contributed by atoms with Gasteiger partial charge in [0.15, 0.2) is 6.10 Å². The molecule has 0 saturated heterocycles. The quantitative estimate of drug-likeness (QED) is 0.0261. The normalized spacial score (nSPS) is 12.2. The average Bonchev–Trinajstić information content (AvgIpc) is 3.35. The molecule has 69 heavy (non-hydrogen) atoms. The van der Waals surface area contributed by atoms with E-state index in [0.29, 0.717) is 19.3 Å². The van der Waals surface area contributed by atoms with Crippen molar-refractivity contribution in [1.29, 1.82) is 0 Å². The van der Waals surface area contributed by atoms with Gasteiger partial charge in [0.05, 0.1) is 0 Å². The van der Waals surface area contributed by atoms with Crippen LogP contribution in [0.3, 0.4) is 0 Å². The van der Waals surface area contributed by atoms with E-state index in [1.54, 1.807) is 0 Å². The highest BCUT2D eigenvalue weighted by Gasteiger charge is 2.19. The number of ether oxygens (including phenoxy) is 3. The Morgan fingerprint density at radius 3 is 0.841 bits per heavy atom.